The van der Waals surface area contributed by atoms with Crippen molar-refractivity contribution in [3.8, 4) is 0 Å². The molecule has 2 N–H and O–H groups in total. The summed E-state index contributed by atoms with van der Waals surface area (Å²) in [6.45, 7) is 5.76. The number of piperidine rings is 3. The predicted octanol–water partition coefficient (Wildman–Crippen LogP) is 2.93. The molecule has 4 aliphatic rings. The molecule has 4 aliphatic heterocycles. The minimum Gasteiger partial charge on any atom is -0.336 e. The zero-order valence-corrected chi connectivity index (χ0v) is 17.2. The van der Waals surface area contributed by atoms with Gasteiger partial charge in [0.1, 0.15) is 0 Å². The molecule has 0 saturated carbocycles. The Morgan fingerprint density at radius 2 is 1.78 bits per heavy atom. The van der Waals surface area contributed by atoms with Crippen LogP contribution in [0.15, 0.2) is 18.2 Å². The number of hydrogen-bond acceptors (Lipinski definition) is 3. The highest BCUT2D eigenvalue weighted by Gasteiger charge is 2.56. The van der Waals surface area contributed by atoms with Gasteiger partial charge in [0.15, 0.2) is 11.6 Å². The molecule has 2 bridgehead atoms. The number of nitrogens with zero attached hydrogens (tertiary/aromatic N) is 2. The minimum atomic E-state index is -0.966. The molecule has 4 heterocycles. The summed E-state index contributed by atoms with van der Waals surface area (Å²) in [5, 5.41) is 0. The number of hydrogen-bond donors (Lipinski definition) is 1. The number of likely N-dealkylation sites (tertiary alicyclic amines) is 1. The second-order valence-corrected chi connectivity index (χ2v) is 8.28. The van der Waals surface area contributed by atoms with Crippen LogP contribution >= 0.6 is 24.8 Å². The highest BCUT2D eigenvalue weighted by Crippen LogP contribution is 2.47. The van der Waals surface area contributed by atoms with E-state index in [-0.39, 0.29) is 48.7 Å². The molecule has 3 atom stereocenters. The third-order valence-corrected chi connectivity index (χ3v) is 6.19. The Morgan fingerprint density at radius 1 is 1.15 bits per heavy atom. The molecule has 5 rings (SSSR count). The first-order valence-electron chi connectivity index (χ1n) is 9.07. The molecule has 0 aromatic heterocycles. The van der Waals surface area contributed by atoms with Crippen molar-refractivity contribution in [3.63, 3.8) is 0 Å². The molecule has 0 unspecified atom stereocenters. The fourth-order valence-electron chi connectivity index (χ4n) is 5.10. The van der Waals surface area contributed by atoms with Gasteiger partial charge in [-0.3, -0.25) is 9.69 Å². The van der Waals surface area contributed by atoms with Crippen LogP contribution in [0.25, 0.3) is 0 Å². The molecule has 4 nitrogen and oxygen atoms in total. The third kappa shape index (κ3) is 3.57. The Kier molecular flexibility index (Phi) is 6.47. The van der Waals surface area contributed by atoms with Crippen LogP contribution in [0.3, 0.4) is 0 Å². The van der Waals surface area contributed by atoms with Crippen molar-refractivity contribution >= 4 is 30.7 Å². The molecule has 4 fully saturated rings. The number of amides is 1. The zero-order valence-electron chi connectivity index (χ0n) is 15.5. The largest absolute Gasteiger partial charge is 0.336 e. The van der Waals surface area contributed by atoms with Crippen molar-refractivity contribution in [3.05, 3.63) is 35.4 Å². The lowest BCUT2D eigenvalue weighted by Crippen LogP contribution is -2.63. The standard InChI is InChI=1S/C19H25F2N3O.2ClH/c1-19(2,22)18(25)24-10-13(12-4-3-5-14(20)15(12)21)17-16(24)11-6-8-23(17)9-7-11;;/h3-5,11,13,16-17H,6-10,22H2,1-2H3;2*1H/t13-,16-,17-;;/m1../s1. The smallest absolute Gasteiger partial charge is 0.242 e. The van der Waals surface area contributed by atoms with E-state index in [4.69, 9.17) is 5.73 Å². The van der Waals surface area contributed by atoms with E-state index in [2.05, 4.69) is 4.90 Å². The van der Waals surface area contributed by atoms with Gasteiger partial charge in [0.2, 0.25) is 5.91 Å². The third-order valence-electron chi connectivity index (χ3n) is 6.19. The average molecular weight is 422 g/mol. The maximum absolute atomic E-state index is 14.5. The lowest BCUT2D eigenvalue weighted by molar-refractivity contribution is -0.140. The highest BCUT2D eigenvalue weighted by atomic mass is 35.5. The first kappa shape index (κ1) is 22.3. The van der Waals surface area contributed by atoms with Crippen molar-refractivity contribution in [1.29, 1.82) is 0 Å². The van der Waals surface area contributed by atoms with Crippen LogP contribution in [0.4, 0.5) is 8.78 Å². The van der Waals surface area contributed by atoms with E-state index < -0.39 is 17.2 Å². The second-order valence-electron chi connectivity index (χ2n) is 8.28. The average Bonchev–Trinajstić information content (AvgIpc) is 2.99. The fourth-order valence-corrected chi connectivity index (χ4v) is 5.10. The van der Waals surface area contributed by atoms with Crippen LogP contribution < -0.4 is 5.73 Å². The Labute approximate surface area is 171 Å². The van der Waals surface area contributed by atoms with Gasteiger partial charge in [-0.05, 0) is 57.3 Å². The van der Waals surface area contributed by atoms with E-state index in [1.165, 1.54) is 0 Å². The van der Waals surface area contributed by atoms with Crippen molar-refractivity contribution in [2.45, 2.75) is 50.2 Å². The molecule has 1 aromatic carbocycles. The number of carbonyl (C=O) groups excluding carboxylic acids is 1. The van der Waals surface area contributed by atoms with Crippen LogP contribution in [0, 0.1) is 17.6 Å². The summed E-state index contributed by atoms with van der Waals surface area (Å²) >= 11 is 0. The van der Waals surface area contributed by atoms with Gasteiger partial charge in [-0.2, -0.15) is 0 Å². The number of rotatable bonds is 2. The van der Waals surface area contributed by atoms with Gasteiger partial charge in [0.05, 0.1) is 11.6 Å². The fraction of sp³-hybridized carbons (Fsp3) is 0.632. The summed E-state index contributed by atoms with van der Waals surface area (Å²) in [6.07, 6.45) is 2.10. The van der Waals surface area contributed by atoms with Gasteiger partial charge in [0, 0.05) is 18.5 Å². The summed E-state index contributed by atoms with van der Waals surface area (Å²) in [7, 11) is 0. The second kappa shape index (κ2) is 7.82. The van der Waals surface area contributed by atoms with Gasteiger partial charge >= 0.3 is 0 Å². The Bertz CT molecular complexity index is 705. The van der Waals surface area contributed by atoms with Crippen LogP contribution in [0.5, 0.6) is 0 Å². The molecule has 4 saturated heterocycles. The molecular formula is C19H27Cl2F2N3O. The van der Waals surface area contributed by atoms with Crippen molar-refractivity contribution in [2.24, 2.45) is 11.7 Å². The molecule has 152 valence electrons. The normalized spacial score (nSPS) is 31.7. The first-order chi connectivity index (χ1) is 11.8. The van der Waals surface area contributed by atoms with Crippen molar-refractivity contribution in [2.75, 3.05) is 19.6 Å². The van der Waals surface area contributed by atoms with Crippen molar-refractivity contribution < 1.29 is 13.6 Å². The van der Waals surface area contributed by atoms with Crippen LogP contribution in [0.2, 0.25) is 0 Å². The van der Waals surface area contributed by atoms with Crippen LogP contribution in [0.1, 0.15) is 38.2 Å². The molecule has 1 aromatic rings. The molecule has 0 spiro atoms. The summed E-state index contributed by atoms with van der Waals surface area (Å²) in [6, 6.07) is 4.45. The quantitative estimate of drug-likeness (QED) is 0.798. The molecular weight excluding hydrogens is 395 g/mol. The first-order valence-corrected chi connectivity index (χ1v) is 9.07. The molecule has 0 radical (unpaired) electrons. The van der Waals surface area contributed by atoms with Crippen molar-refractivity contribution in [1.82, 2.24) is 9.80 Å². The summed E-state index contributed by atoms with van der Waals surface area (Å²) in [5.41, 5.74) is 5.49. The van der Waals surface area contributed by atoms with E-state index in [0.717, 1.165) is 32.0 Å². The van der Waals surface area contributed by atoms with Gasteiger partial charge in [-0.1, -0.05) is 12.1 Å². The maximum atomic E-state index is 14.5. The predicted molar refractivity (Wildman–Crippen MR) is 105 cm³/mol. The number of halogens is 4. The SMILES string of the molecule is CC(C)(N)C(=O)N1C[C@H](c2cccc(F)c2F)[C@@H]2[C@H]1C1CCN2CC1.Cl.Cl. The summed E-state index contributed by atoms with van der Waals surface area (Å²) < 4.78 is 28.3. The van der Waals surface area contributed by atoms with E-state index in [1.807, 2.05) is 4.90 Å². The lowest BCUT2D eigenvalue weighted by Gasteiger charge is -2.51. The monoisotopic (exact) mass is 421 g/mol. The molecule has 8 heteroatoms. The highest BCUT2D eigenvalue weighted by molar-refractivity contribution is 5.86. The summed E-state index contributed by atoms with van der Waals surface area (Å²) in [4.78, 5) is 17.2. The lowest BCUT2D eigenvalue weighted by atomic mass is 9.75. The Hall–Kier alpha value is -0.950. The number of benzene rings is 1. The maximum Gasteiger partial charge on any atom is 0.242 e. The summed E-state index contributed by atoms with van der Waals surface area (Å²) in [5.74, 6) is -1.50. The Morgan fingerprint density at radius 3 is 2.37 bits per heavy atom. The molecule has 0 aliphatic carbocycles. The van der Waals surface area contributed by atoms with Gasteiger partial charge in [-0.25, -0.2) is 8.78 Å². The number of nitrogens with two attached hydrogens (primary N) is 1. The number of carbonyl (C=O) groups is 1. The Balaban J connectivity index is 0.00000131. The topological polar surface area (TPSA) is 49.6 Å². The zero-order chi connectivity index (χ0) is 17.9. The van der Waals surface area contributed by atoms with Gasteiger partial charge in [-0.15, -0.1) is 24.8 Å². The van der Waals surface area contributed by atoms with Gasteiger partial charge in [0.25, 0.3) is 0 Å². The van der Waals surface area contributed by atoms with Crippen LogP contribution in [-0.2, 0) is 4.79 Å². The van der Waals surface area contributed by atoms with E-state index in [0.29, 0.717) is 18.0 Å². The molecule has 1 amide bonds. The molecule has 27 heavy (non-hydrogen) atoms. The van der Waals surface area contributed by atoms with E-state index in [1.54, 1.807) is 26.0 Å². The van der Waals surface area contributed by atoms with E-state index in [9.17, 15) is 13.6 Å². The van der Waals surface area contributed by atoms with Gasteiger partial charge < -0.3 is 10.6 Å². The minimum absolute atomic E-state index is 0. The van der Waals surface area contributed by atoms with E-state index >= 15 is 0 Å². The number of fused-ring (bicyclic) bond motifs is 2. The van der Waals surface area contributed by atoms with Crippen LogP contribution in [-0.4, -0.2) is 53.0 Å².